The summed E-state index contributed by atoms with van der Waals surface area (Å²) >= 11 is 0. The lowest BCUT2D eigenvalue weighted by Crippen LogP contribution is -2.36. The summed E-state index contributed by atoms with van der Waals surface area (Å²) in [6, 6.07) is 15.1. The second-order valence-corrected chi connectivity index (χ2v) is 5.96. The van der Waals surface area contributed by atoms with E-state index in [4.69, 9.17) is 4.74 Å². The Balaban J connectivity index is 1.68. The van der Waals surface area contributed by atoms with Crippen molar-refractivity contribution in [3.05, 3.63) is 59.7 Å². The van der Waals surface area contributed by atoms with Gasteiger partial charge in [-0.05, 0) is 43.5 Å². The lowest BCUT2D eigenvalue weighted by molar-refractivity contribution is -0.119. The molecular weight excluding hydrogens is 302 g/mol. The van der Waals surface area contributed by atoms with Gasteiger partial charge in [-0.1, -0.05) is 30.3 Å². The topological polar surface area (TPSA) is 46.6 Å². The van der Waals surface area contributed by atoms with Crippen molar-refractivity contribution in [3.63, 3.8) is 0 Å². The maximum absolute atomic E-state index is 12.6. The van der Waals surface area contributed by atoms with Crippen molar-refractivity contribution in [1.29, 1.82) is 0 Å². The number of rotatable bonds is 5. The third kappa shape index (κ3) is 3.65. The highest BCUT2D eigenvalue weighted by Crippen LogP contribution is 2.29. The molecule has 0 aromatic heterocycles. The van der Waals surface area contributed by atoms with E-state index in [2.05, 4.69) is 0 Å². The molecule has 1 aliphatic heterocycles. The molecule has 4 heteroatoms. The zero-order valence-electron chi connectivity index (χ0n) is 13.8. The molecular formula is C20H21NO3. The number of ether oxygens (including phenoxy) is 1. The van der Waals surface area contributed by atoms with Gasteiger partial charge in [-0.15, -0.1) is 0 Å². The van der Waals surface area contributed by atoms with E-state index in [-0.39, 0.29) is 11.7 Å². The molecule has 4 nitrogen and oxygen atoms in total. The number of anilines is 1. The molecule has 0 bridgehead atoms. The Morgan fingerprint density at radius 3 is 2.67 bits per heavy atom. The van der Waals surface area contributed by atoms with Gasteiger partial charge in [-0.2, -0.15) is 0 Å². The van der Waals surface area contributed by atoms with Crippen LogP contribution in [-0.4, -0.2) is 24.8 Å². The summed E-state index contributed by atoms with van der Waals surface area (Å²) in [6.07, 6.45) is 2.20. The molecule has 0 atom stereocenters. The summed E-state index contributed by atoms with van der Waals surface area (Å²) in [6.45, 7) is 2.59. The molecule has 0 N–H and O–H groups in total. The maximum Gasteiger partial charge on any atom is 0.230 e. The standard InChI is InChI=1S/C20H21NO3/c1-15(22)17-10-9-16-6-5-12-21(19(16)14-17)20(23)11-13-24-18-7-3-2-4-8-18/h2-4,7-10,14H,5-6,11-13H2,1H3. The minimum Gasteiger partial charge on any atom is -0.493 e. The normalized spacial score (nSPS) is 13.3. The molecule has 0 aliphatic carbocycles. The number of nitrogens with zero attached hydrogens (tertiary/aromatic N) is 1. The Morgan fingerprint density at radius 1 is 1.12 bits per heavy atom. The number of aryl methyl sites for hydroxylation is 1. The van der Waals surface area contributed by atoms with E-state index in [1.54, 1.807) is 11.8 Å². The highest BCUT2D eigenvalue weighted by molar-refractivity contribution is 5.99. The number of para-hydroxylation sites is 1. The SMILES string of the molecule is CC(=O)c1ccc2c(c1)N(C(=O)CCOc1ccccc1)CCC2. The summed E-state index contributed by atoms with van der Waals surface area (Å²) in [7, 11) is 0. The van der Waals surface area contributed by atoms with Gasteiger partial charge in [0, 0.05) is 17.8 Å². The fourth-order valence-corrected chi connectivity index (χ4v) is 2.96. The number of carbonyl (C=O) groups excluding carboxylic acids is 2. The Labute approximate surface area is 142 Å². The quantitative estimate of drug-likeness (QED) is 0.789. The number of benzene rings is 2. The number of amides is 1. The van der Waals surface area contributed by atoms with Gasteiger partial charge in [-0.25, -0.2) is 0 Å². The lowest BCUT2D eigenvalue weighted by atomic mass is 9.98. The molecule has 1 aliphatic rings. The first-order chi connectivity index (χ1) is 11.6. The highest BCUT2D eigenvalue weighted by Gasteiger charge is 2.23. The van der Waals surface area contributed by atoms with Gasteiger partial charge in [-0.3, -0.25) is 9.59 Å². The van der Waals surface area contributed by atoms with Crippen molar-refractivity contribution in [2.75, 3.05) is 18.1 Å². The van der Waals surface area contributed by atoms with Gasteiger partial charge in [0.15, 0.2) is 5.78 Å². The minimum absolute atomic E-state index is 0.0168. The van der Waals surface area contributed by atoms with Crippen molar-refractivity contribution < 1.29 is 14.3 Å². The van der Waals surface area contributed by atoms with Crippen molar-refractivity contribution in [2.45, 2.75) is 26.2 Å². The van der Waals surface area contributed by atoms with E-state index in [1.165, 1.54) is 0 Å². The van der Waals surface area contributed by atoms with E-state index in [0.29, 0.717) is 25.1 Å². The molecule has 1 heterocycles. The predicted molar refractivity (Wildman–Crippen MR) is 93.7 cm³/mol. The number of hydrogen-bond acceptors (Lipinski definition) is 3. The third-order valence-corrected chi connectivity index (χ3v) is 4.24. The highest BCUT2D eigenvalue weighted by atomic mass is 16.5. The second kappa shape index (κ2) is 7.30. The molecule has 0 spiro atoms. The van der Waals surface area contributed by atoms with Gasteiger partial charge >= 0.3 is 0 Å². The summed E-state index contributed by atoms with van der Waals surface area (Å²) in [5.41, 5.74) is 2.65. The largest absolute Gasteiger partial charge is 0.493 e. The van der Waals surface area contributed by atoms with Crippen LogP contribution < -0.4 is 9.64 Å². The molecule has 3 rings (SSSR count). The molecule has 0 saturated carbocycles. The smallest absolute Gasteiger partial charge is 0.230 e. The Kier molecular flexibility index (Phi) is 4.94. The molecule has 2 aromatic carbocycles. The third-order valence-electron chi connectivity index (χ3n) is 4.24. The van der Waals surface area contributed by atoms with Crippen LogP contribution in [0.15, 0.2) is 48.5 Å². The molecule has 0 fully saturated rings. The number of carbonyl (C=O) groups is 2. The van der Waals surface area contributed by atoms with Gasteiger partial charge in [0.1, 0.15) is 5.75 Å². The second-order valence-electron chi connectivity index (χ2n) is 5.96. The van der Waals surface area contributed by atoms with Crippen LogP contribution in [0.3, 0.4) is 0 Å². The van der Waals surface area contributed by atoms with Crippen LogP contribution in [0.2, 0.25) is 0 Å². The molecule has 124 valence electrons. The first-order valence-electron chi connectivity index (χ1n) is 8.27. The molecule has 1 amide bonds. The Morgan fingerprint density at radius 2 is 1.92 bits per heavy atom. The molecule has 2 aromatic rings. The van der Waals surface area contributed by atoms with Crippen LogP contribution in [0, 0.1) is 0 Å². The first-order valence-corrected chi connectivity index (χ1v) is 8.27. The van der Waals surface area contributed by atoms with Crippen molar-refractivity contribution in [3.8, 4) is 5.75 Å². The van der Waals surface area contributed by atoms with Gasteiger partial charge in [0.2, 0.25) is 5.91 Å². The number of ketones is 1. The Bertz CT molecular complexity index is 740. The van der Waals surface area contributed by atoms with Crippen molar-refractivity contribution in [1.82, 2.24) is 0 Å². The predicted octanol–water partition coefficient (Wildman–Crippen LogP) is 3.64. The average molecular weight is 323 g/mol. The maximum atomic E-state index is 12.6. The monoisotopic (exact) mass is 323 g/mol. The van der Waals surface area contributed by atoms with Crippen LogP contribution in [0.5, 0.6) is 5.75 Å². The molecule has 0 saturated heterocycles. The number of Topliss-reactive ketones (excluding diaryl/α,β-unsaturated/α-hetero) is 1. The van der Waals surface area contributed by atoms with Crippen molar-refractivity contribution in [2.24, 2.45) is 0 Å². The Hall–Kier alpha value is -2.62. The summed E-state index contributed by atoms with van der Waals surface area (Å²) in [5.74, 6) is 0.818. The van der Waals surface area contributed by atoms with Gasteiger partial charge in [0.05, 0.1) is 13.0 Å². The zero-order chi connectivity index (χ0) is 16.9. The first kappa shape index (κ1) is 16.2. The van der Waals surface area contributed by atoms with Crippen LogP contribution in [0.1, 0.15) is 35.7 Å². The molecule has 0 unspecified atom stereocenters. The number of fused-ring (bicyclic) bond motifs is 1. The van der Waals surface area contributed by atoms with Crippen LogP contribution >= 0.6 is 0 Å². The van der Waals surface area contributed by atoms with Crippen LogP contribution in [0.4, 0.5) is 5.69 Å². The fraction of sp³-hybridized carbons (Fsp3) is 0.300. The van der Waals surface area contributed by atoms with E-state index in [1.807, 2.05) is 48.5 Å². The lowest BCUT2D eigenvalue weighted by Gasteiger charge is -2.30. The van der Waals surface area contributed by atoms with Crippen molar-refractivity contribution >= 4 is 17.4 Å². The van der Waals surface area contributed by atoms with E-state index in [9.17, 15) is 9.59 Å². The van der Waals surface area contributed by atoms with E-state index >= 15 is 0 Å². The minimum atomic E-state index is 0.0168. The zero-order valence-corrected chi connectivity index (χ0v) is 13.8. The fourth-order valence-electron chi connectivity index (χ4n) is 2.96. The van der Waals surface area contributed by atoms with Crippen LogP contribution in [-0.2, 0) is 11.2 Å². The average Bonchev–Trinajstić information content (AvgIpc) is 2.61. The van der Waals surface area contributed by atoms with E-state index in [0.717, 1.165) is 29.8 Å². The molecule has 0 radical (unpaired) electrons. The summed E-state index contributed by atoms with van der Waals surface area (Å²) < 4.78 is 5.62. The van der Waals surface area contributed by atoms with Gasteiger partial charge < -0.3 is 9.64 Å². The van der Waals surface area contributed by atoms with E-state index < -0.39 is 0 Å². The van der Waals surface area contributed by atoms with Gasteiger partial charge in [0.25, 0.3) is 0 Å². The molecule has 24 heavy (non-hydrogen) atoms. The summed E-state index contributed by atoms with van der Waals surface area (Å²) in [4.78, 5) is 26.0. The van der Waals surface area contributed by atoms with Crippen LogP contribution in [0.25, 0.3) is 0 Å². The number of hydrogen-bond donors (Lipinski definition) is 0. The summed E-state index contributed by atoms with van der Waals surface area (Å²) in [5, 5.41) is 0.